The number of aliphatic hydroxyl groups excluding tert-OH is 1. The lowest BCUT2D eigenvalue weighted by Crippen LogP contribution is -2.40. The van der Waals surface area contributed by atoms with Gasteiger partial charge < -0.3 is 25.2 Å². The Balaban J connectivity index is -0.0000000942. The van der Waals surface area contributed by atoms with Gasteiger partial charge in [-0.15, -0.1) is 0 Å². The van der Waals surface area contributed by atoms with Crippen LogP contribution in [0, 0.1) is 37.0 Å². The predicted molar refractivity (Wildman–Crippen MR) is 452 cm³/mol. The Bertz CT molecular complexity index is 2400. The summed E-state index contributed by atoms with van der Waals surface area (Å²) < 4.78 is 12.6. The van der Waals surface area contributed by atoms with Crippen LogP contribution < -0.4 is 15.4 Å². The fraction of sp³-hybridized carbons (Fsp3) is 0.689. The van der Waals surface area contributed by atoms with Crippen LogP contribution in [0.25, 0.3) is 0 Å². The van der Waals surface area contributed by atoms with Crippen LogP contribution in [0.1, 0.15) is 373 Å². The number of hydrogen-bond donors (Lipinski definition) is 3. The van der Waals surface area contributed by atoms with E-state index in [0.29, 0.717) is 28.4 Å². The van der Waals surface area contributed by atoms with Crippen molar-refractivity contribution in [2.75, 3.05) is 27.8 Å². The van der Waals surface area contributed by atoms with Gasteiger partial charge in [-0.2, -0.15) is 0 Å². The molecule has 1 heterocycles. The van der Waals surface area contributed by atoms with E-state index < -0.39 is 11.2 Å². The number of allylic oxidation sites excluding steroid dienone is 8. The summed E-state index contributed by atoms with van der Waals surface area (Å²) in [5, 5.41) is 12.8. The molecule has 3 aromatic rings. The number of nitrogens with one attached hydrogen (secondary N) is 2. The van der Waals surface area contributed by atoms with Crippen molar-refractivity contribution in [1.29, 1.82) is 0 Å². The summed E-state index contributed by atoms with van der Waals surface area (Å²) in [5.74, 6) is 0.684. The Morgan fingerprint density at radius 2 is 0.918 bits per heavy atom. The maximum atomic E-state index is 12.8. The number of hydrogen-bond acceptors (Lipinski definition) is 6. The van der Waals surface area contributed by atoms with E-state index in [1.165, 1.54) is 58.2 Å². The molecular weight excluding hydrogens is 1190 g/mol. The van der Waals surface area contributed by atoms with Gasteiger partial charge in [0.05, 0.1) is 23.5 Å². The second-order valence-electron chi connectivity index (χ2n) is 29.6. The predicted octanol–water partition coefficient (Wildman–Crippen LogP) is 28.9. The molecule has 0 radical (unpaired) electrons. The second-order valence-corrected chi connectivity index (χ2v) is 29.6. The lowest BCUT2D eigenvalue weighted by molar-refractivity contribution is -0.132. The fourth-order valence-corrected chi connectivity index (χ4v) is 6.77. The van der Waals surface area contributed by atoms with Crippen molar-refractivity contribution >= 4 is 5.91 Å². The van der Waals surface area contributed by atoms with Crippen LogP contribution in [0.5, 0.6) is 5.88 Å². The van der Waals surface area contributed by atoms with Crippen molar-refractivity contribution in [3.05, 3.63) is 153 Å². The van der Waals surface area contributed by atoms with Gasteiger partial charge in [-0.1, -0.05) is 311 Å². The number of amides is 1. The highest BCUT2D eigenvalue weighted by Crippen LogP contribution is 2.49. The number of aromatic nitrogens is 1. The van der Waals surface area contributed by atoms with E-state index in [9.17, 15) is 4.79 Å². The normalized spacial score (nSPS) is 11.5. The first-order chi connectivity index (χ1) is 44.4. The summed E-state index contributed by atoms with van der Waals surface area (Å²) in [6.45, 7) is 106. The summed E-state index contributed by atoms with van der Waals surface area (Å²) in [6.07, 6.45) is 11.9. The first kappa shape index (κ1) is 119. The molecule has 7 heteroatoms. The molecule has 0 atom stereocenters. The molecular formula is C90H177N3O4. The molecule has 1 saturated carbocycles. The van der Waals surface area contributed by atoms with Crippen LogP contribution in [0.2, 0.25) is 0 Å². The van der Waals surface area contributed by atoms with E-state index in [1.807, 2.05) is 204 Å². The zero-order valence-electron chi connectivity index (χ0n) is 75.3. The van der Waals surface area contributed by atoms with Crippen LogP contribution in [0.3, 0.4) is 0 Å². The molecule has 0 saturated heterocycles. The van der Waals surface area contributed by atoms with Crippen LogP contribution in [-0.2, 0) is 26.8 Å². The third kappa shape index (κ3) is 78.6. The average Bonchev–Trinajstić information content (AvgIpc) is 1.65. The average molecular weight is 1370 g/mol. The zero-order valence-corrected chi connectivity index (χ0v) is 75.3. The molecule has 3 N–H and O–H groups in total. The molecule has 1 aromatic heterocycles. The summed E-state index contributed by atoms with van der Waals surface area (Å²) in [5.41, 5.74) is 14.1. The standard InChI is InChI=1S/C29H41NO2.C15H25NO.C10H16.C6H14.C6H10.C5H12.C2H7N.8C2H6.CH4O/c1-19-13-21(25(31)30-26(3,4)5)17-22(14-19)27(6,7)32-28(8,9)23-15-20(2)16-24(18-23)29(10)11-12-29;1-11-8-12(15(5,6)7)16-13(9-11)17-10-14(2,3)4;1-8(2)6-10(5)7-9(3)4;1-5-6(2,3)4;1-4-6(3)5-2;1-5(2,3)4;1-3-2;9*1-2/h13-18H,11-12H2,1-10H3,(H,30,31);8-9H,10H2,1-7H3;6-7H,1H2,2-5H3;5H2,1-4H3;4-5H,1H2,2-3H3;1-4H3;3H,1-2H3;8*1-2H3;2H,1H3/b;;10-6-;;6-5-;;;;;;;;;;;. The highest BCUT2D eigenvalue weighted by molar-refractivity contribution is 5.95. The summed E-state index contributed by atoms with van der Waals surface area (Å²) in [7, 11) is 4.75. The monoisotopic (exact) mass is 1360 g/mol. The Morgan fingerprint density at radius 3 is 1.20 bits per heavy atom. The molecule has 1 aliphatic carbocycles. The molecule has 0 bridgehead atoms. The molecule has 7 nitrogen and oxygen atoms in total. The lowest BCUT2D eigenvalue weighted by Gasteiger charge is -2.38. The third-order valence-electron chi connectivity index (χ3n) is 11.7. The van der Waals surface area contributed by atoms with Crippen LogP contribution >= 0.6 is 0 Å². The minimum absolute atomic E-state index is 0.0569. The van der Waals surface area contributed by atoms with Crippen LogP contribution in [0.4, 0.5) is 0 Å². The van der Waals surface area contributed by atoms with E-state index in [-0.39, 0.29) is 22.3 Å². The van der Waals surface area contributed by atoms with Crippen molar-refractivity contribution in [2.45, 2.75) is 372 Å². The molecule has 0 unspecified atom stereocenters. The van der Waals surface area contributed by atoms with Crippen molar-refractivity contribution in [1.82, 2.24) is 15.6 Å². The fourth-order valence-electron chi connectivity index (χ4n) is 6.77. The van der Waals surface area contributed by atoms with E-state index in [1.54, 1.807) is 0 Å². The van der Waals surface area contributed by atoms with Gasteiger partial charge in [0.15, 0.2) is 0 Å². The maximum Gasteiger partial charge on any atom is 0.251 e. The quantitative estimate of drug-likeness (QED) is 0.166. The van der Waals surface area contributed by atoms with Gasteiger partial charge in [0.1, 0.15) is 0 Å². The third-order valence-corrected chi connectivity index (χ3v) is 11.7. The zero-order chi connectivity index (χ0) is 80.9. The second kappa shape index (κ2) is 66.0. The number of aryl methyl sites for hydroxylation is 3. The molecule has 2 aromatic carbocycles. The molecule has 576 valence electrons. The molecule has 4 rings (SSSR count). The van der Waals surface area contributed by atoms with Gasteiger partial charge in [-0.05, 0) is 205 Å². The van der Waals surface area contributed by atoms with E-state index in [2.05, 4.69) is 237 Å². The van der Waals surface area contributed by atoms with Gasteiger partial charge in [0.2, 0.25) is 5.88 Å². The molecule has 1 amide bonds. The summed E-state index contributed by atoms with van der Waals surface area (Å²) in [6, 6.07) is 17.0. The highest BCUT2D eigenvalue weighted by Gasteiger charge is 2.40. The molecule has 0 aliphatic heterocycles. The van der Waals surface area contributed by atoms with Gasteiger partial charge in [-0.3, -0.25) is 4.79 Å². The van der Waals surface area contributed by atoms with Crippen molar-refractivity contribution in [3.8, 4) is 5.88 Å². The number of nitrogens with zero attached hydrogens (tertiary/aromatic N) is 1. The number of carbonyl (C=O) groups excluding carboxylic acids is 1. The highest BCUT2D eigenvalue weighted by atomic mass is 16.5. The SMILES string of the molecule is C=C(C)/C=C(/C)C=C(C)C.C=C/C(C)=C\C.CC.CC.CC.CC.CC.CC.CC.CC.CC(C)(C)C.CCC(C)(C)C.CNC.CO.Cc1cc(C(=O)NC(C)(C)C)cc(C(C)(C)OC(C)(C)c2cc(C)cc(C3(C)CC3)c2)c1.Cc1cc(OCC(C)(C)C)nc(C(C)(C)C)c1. The van der Waals surface area contributed by atoms with Crippen molar-refractivity contribution in [3.63, 3.8) is 0 Å². The van der Waals surface area contributed by atoms with Gasteiger partial charge in [-0.25, -0.2) is 4.98 Å². The van der Waals surface area contributed by atoms with E-state index >= 15 is 0 Å². The summed E-state index contributed by atoms with van der Waals surface area (Å²) >= 11 is 0. The van der Waals surface area contributed by atoms with Gasteiger partial charge in [0, 0.05) is 29.7 Å². The molecule has 0 spiro atoms. The van der Waals surface area contributed by atoms with E-state index in [4.69, 9.17) is 14.6 Å². The minimum atomic E-state index is -0.570. The Hall–Kier alpha value is -4.56. The Kier molecular flexibility index (Phi) is 81.3. The van der Waals surface area contributed by atoms with Crippen LogP contribution in [0.15, 0.2) is 108 Å². The maximum absolute atomic E-state index is 12.8. The first-order valence-electron chi connectivity index (χ1n) is 37.6. The topological polar surface area (TPSA) is 92.7 Å². The smallest absolute Gasteiger partial charge is 0.251 e. The van der Waals surface area contributed by atoms with Crippen LogP contribution in [-0.4, -0.2) is 49.3 Å². The summed E-state index contributed by atoms with van der Waals surface area (Å²) in [4.78, 5) is 17.4. The Labute approximate surface area is 612 Å². The number of pyridine rings is 1. The lowest BCUT2D eigenvalue weighted by atomic mass is 9.87. The number of aliphatic hydroxyl groups is 1. The number of ether oxygens (including phenoxy) is 2. The molecule has 1 aliphatic rings. The number of rotatable bonds is 11. The Morgan fingerprint density at radius 1 is 0.567 bits per heavy atom. The first-order valence-corrected chi connectivity index (χ1v) is 37.6. The molecule has 97 heavy (non-hydrogen) atoms. The van der Waals surface area contributed by atoms with Gasteiger partial charge >= 0.3 is 0 Å². The van der Waals surface area contributed by atoms with Gasteiger partial charge in [0.25, 0.3) is 5.91 Å². The number of benzene rings is 2. The number of carbonyl (C=O) groups is 1. The largest absolute Gasteiger partial charge is 0.477 e. The van der Waals surface area contributed by atoms with E-state index in [0.717, 1.165) is 35.4 Å². The van der Waals surface area contributed by atoms with Crippen molar-refractivity contribution < 1.29 is 19.4 Å². The minimum Gasteiger partial charge on any atom is -0.477 e. The van der Waals surface area contributed by atoms with Crippen molar-refractivity contribution in [2.24, 2.45) is 16.2 Å². The molecule has 1 fully saturated rings.